The lowest BCUT2D eigenvalue weighted by atomic mass is 10.0. The number of anilines is 1. The fraction of sp³-hybridized carbons (Fsp3) is 0.0833. The molecule has 4 heteroatoms. The predicted molar refractivity (Wildman–Crippen MR) is 111 cm³/mol. The minimum absolute atomic E-state index is 0.130. The molecule has 4 nitrogen and oxygen atoms in total. The first-order chi connectivity index (χ1) is 13.7. The summed E-state index contributed by atoms with van der Waals surface area (Å²) in [5, 5.41) is 6.99. The zero-order valence-corrected chi connectivity index (χ0v) is 15.2. The van der Waals surface area contributed by atoms with E-state index >= 15 is 0 Å². The van der Waals surface area contributed by atoms with Crippen molar-refractivity contribution >= 4 is 39.1 Å². The molecular formula is C24H19NO3. The average molecular weight is 369 g/mol. The second-order valence-corrected chi connectivity index (χ2v) is 6.59. The van der Waals surface area contributed by atoms with Crippen LogP contribution in [0.15, 0.2) is 84.9 Å². The molecule has 0 bridgehead atoms. The number of rotatable bonds is 5. The third-order valence-electron chi connectivity index (χ3n) is 4.61. The highest BCUT2D eigenvalue weighted by molar-refractivity contribution is 5.96. The molecule has 4 aromatic carbocycles. The Morgan fingerprint density at radius 2 is 1.46 bits per heavy atom. The van der Waals surface area contributed by atoms with Crippen LogP contribution in [0.3, 0.4) is 0 Å². The first kappa shape index (κ1) is 17.7. The van der Waals surface area contributed by atoms with Crippen LogP contribution in [0.2, 0.25) is 0 Å². The highest BCUT2D eigenvalue weighted by Gasteiger charge is 2.11. The lowest BCUT2D eigenvalue weighted by Crippen LogP contribution is -2.21. The van der Waals surface area contributed by atoms with Gasteiger partial charge in [0.2, 0.25) is 0 Å². The Morgan fingerprint density at radius 1 is 0.750 bits per heavy atom. The maximum absolute atomic E-state index is 12.2. The molecule has 0 unspecified atom stereocenters. The number of carbonyl (C=O) groups is 2. The van der Waals surface area contributed by atoms with E-state index in [9.17, 15) is 9.59 Å². The topological polar surface area (TPSA) is 55.4 Å². The summed E-state index contributed by atoms with van der Waals surface area (Å²) in [5.74, 6) is -0.786. The van der Waals surface area contributed by atoms with Gasteiger partial charge in [0.1, 0.15) is 0 Å². The number of esters is 1. The van der Waals surface area contributed by atoms with Gasteiger partial charge in [0.15, 0.2) is 6.61 Å². The Kier molecular flexibility index (Phi) is 5.02. The maximum Gasteiger partial charge on any atom is 0.310 e. The molecule has 0 aliphatic carbocycles. The maximum atomic E-state index is 12.2. The number of amides is 1. The van der Waals surface area contributed by atoms with Gasteiger partial charge >= 0.3 is 5.97 Å². The van der Waals surface area contributed by atoms with Gasteiger partial charge in [0, 0.05) is 5.69 Å². The first-order valence-electron chi connectivity index (χ1n) is 9.10. The SMILES string of the molecule is O=C(COC(=O)Cc1cccc2ccccc12)Nc1ccc2ccccc2c1. The number of nitrogens with one attached hydrogen (secondary N) is 1. The largest absolute Gasteiger partial charge is 0.455 e. The normalized spacial score (nSPS) is 10.7. The second-order valence-electron chi connectivity index (χ2n) is 6.59. The summed E-state index contributed by atoms with van der Waals surface area (Å²) in [5.41, 5.74) is 1.56. The van der Waals surface area contributed by atoms with Gasteiger partial charge in [-0.15, -0.1) is 0 Å². The number of carbonyl (C=O) groups excluding carboxylic acids is 2. The summed E-state index contributed by atoms with van der Waals surface area (Å²) in [6.45, 7) is -0.309. The highest BCUT2D eigenvalue weighted by Crippen LogP contribution is 2.20. The molecule has 1 N–H and O–H groups in total. The molecule has 0 aliphatic heterocycles. The van der Waals surface area contributed by atoms with E-state index in [1.807, 2.05) is 84.9 Å². The molecule has 0 spiro atoms. The number of benzene rings is 4. The third kappa shape index (κ3) is 4.01. The van der Waals surface area contributed by atoms with Crippen LogP contribution in [0.1, 0.15) is 5.56 Å². The van der Waals surface area contributed by atoms with Gasteiger partial charge < -0.3 is 10.1 Å². The van der Waals surface area contributed by atoms with Crippen molar-refractivity contribution in [3.8, 4) is 0 Å². The number of fused-ring (bicyclic) bond motifs is 2. The van der Waals surface area contributed by atoms with Crippen LogP contribution < -0.4 is 5.32 Å². The Labute approximate surface area is 162 Å². The molecule has 1 amide bonds. The van der Waals surface area contributed by atoms with E-state index in [2.05, 4.69) is 5.32 Å². The smallest absolute Gasteiger partial charge is 0.310 e. The van der Waals surface area contributed by atoms with Crippen molar-refractivity contribution in [1.82, 2.24) is 0 Å². The molecule has 0 radical (unpaired) electrons. The molecule has 28 heavy (non-hydrogen) atoms. The van der Waals surface area contributed by atoms with Crippen molar-refractivity contribution in [2.75, 3.05) is 11.9 Å². The van der Waals surface area contributed by atoms with Gasteiger partial charge in [0.05, 0.1) is 6.42 Å². The lowest BCUT2D eigenvalue weighted by molar-refractivity contribution is -0.146. The lowest BCUT2D eigenvalue weighted by Gasteiger charge is -2.09. The zero-order valence-electron chi connectivity index (χ0n) is 15.2. The number of hydrogen-bond donors (Lipinski definition) is 1. The molecule has 0 aliphatic rings. The molecule has 0 saturated heterocycles. The minimum Gasteiger partial charge on any atom is -0.455 e. The van der Waals surface area contributed by atoms with E-state index in [-0.39, 0.29) is 18.9 Å². The van der Waals surface area contributed by atoms with Gasteiger partial charge in [-0.3, -0.25) is 9.59 Å². The third-order valence-corrected chi connectivity index (χ3v) is 4.61. The van der Waals surface area contributed by atoms with E-state index in [0.29, 0.717) is 5.69 Å². The Bertz CT molecular complexity index is 1160. The Balaban J connectivity index is 1.35. The molecule has 0 heterocycles. The molecule has 4 rings (SSSR count). The summed E-state index contributed by atoms with van der Waals surface area (Å²) in [7, 11) is 0. The van der Waals surface area contributed by atoms with E-state index in [1.165, 1.54) is 0 Å². The van der Waals surface area contributed by atoms with Crippen LogP contribution in [-0.4, -0.2) is 18.5 Å². The monoisotopic (exact) mass is 369 g/mol. The number of hydrogen-bond acceptors (Lipinski definition) is 3. The van der Waals surface area contributed by atoms with Crippen molar-refractivity contribution < 1.29 is 14.3 Å². The van der Waals surface area contributed by atoms with Gasteiger partial charge in [0.25, 0.3) is 5.91 Å². The van der Waals surface area contributed by atoms with Crippen LogP contribution >= 0.6 is 0 Å². The van der Waals surface area contributed by atoms with Crippen molar-refractivity contribution in [1.29, 1.82) is 0 Å². The zero-order chi connectivity index (χ0) is 19.3. The van der Waals surface area contributed by atoms with Gasteiger partial charge in [-0.05, 0) is 39.2 Å². The van der Waals surface area contributed by atoms with Crippen LogP contribution in [0.25, 0.3) is 21.5 Å². The molecule has 0 atom stereocenters. The summed E-state index contributed by atoms with van der Waals surface area (Å²) in [6.07, 6.45) is 0.130. The van der Waals surface area contributed by atoms with E-state index in [4.69, 9.17) is 4.74 Å². The van der Waals surface area contributed by atoms with Gasteiger partial charge in [-0.25, -0.2) is 0 Å². The number of ether oxygens (including phenoxy) is 1. The van der Waals surface area contributed by atoms with Gasteiger partial charge in [-0.2, -0.15) is 0 Å². The van der Waals surface area contributed by atoms with Crippen LogP contribution in [0.5, 0.6) is 0 Å². The van der Waals surface area contributed by atoms with Crippen LogP contribution in [-0.2, 0) is 20.7 Å². The van der Waals surface area contributed by atoms with E-state index < -0.39 is 5.97 Å². The summed E-state index contributed by atoms with van der Waals surface area (Å²) in [6, 6.07) is 27.3. The van der Waals surface area contributed by atoms with Crippen molar-refractivity contribution in [2.24, 2.45) is 0 Å². The van der Waals surface area contributed by atoms with E-state index in [1.54, 1.807) is 0 Å². The van der Waals surface area contributed by atoms with Crippen molar-refractivity contribution in [3.05, 3.63) is 90.5 Å². The van der Waals surface area contributed by atoms with Gasteiger partial charge in [-0.1, -0.05) is 72.8 Å². The van der Waals surface area contributed by atoms with Crippen LogP contribution in [0.4, 0.5) is 5.69 Å². The quantitative estimate of drug-likeness (QED) is 0.518. The molecule has 138 valence electrons. The van der Waals surface area contributed by atoms with Crippen molar-refractivity contribution in [2.45, 2.75) is 6.42 Å². The molecule has 0 aromatic heterocycles. The van der Waals surface area contributed by atoms with Crippen molar-refractivity contribution in [3.63, 3.8) is 0 Å². The summed E-state index contributed by atoms with van der Waals surface area (Å²) in [4.78, 5) is 24.3. The highest BCUT2D eigenvalue weighted by atomic mass is 16.5. The fourth-order valence-electron chi connectivity index (χ4n) is 3.26. The molecular weight excluding hydrogens is 350 g/mol. The fourth-order valence-corrected chi connectivity index (χ4v) is 3.26. The molecule has 0 saturated carbocycles. The summed E-state index contributed by atoms with van der Waals surface area (Å²) >= 11 is 0. The minimum atomic E-state index is -0.426. The second kappa shape index (κ2) is 7.92. The molecule has 0 fully saturated rings. The standard InChI is InChI=1S/C24H19NO3/c26-23(25-21-13-12-17-6-1-2-8-19(17)14-21)16-28-24(27)15-20-10-5-9-18-7-3-4-11-22(18)20/h1-14H,15-16H2,(H,25,26). The molecule has 4 aromatic rings. The average Bonchev–Trinajstić information content (AvgIpc) is 2.72. The van der Waals surface area contributed by atoms with Crippen LogP contribution in [0, 0.1) is 0 Å². The van der Waals surface area contributed by atoms with E-state index in [0.717, 1.165) is 27.1 Å². The predicted octanol–water partition coefficient (Wildman–Crippen LogP) is 4.72. The first-order valence-corrected chi connectivity index (χ1v) is 9.10. The Hall–Kier alpha value is -3.66. The summed E-state index contributed by atoms with van der Waals surface area (Å²) < 4.78 is 5.17. The Morgan fingerprint density at radius 3 is 2.32 bits per heavy atom.